The van der Waals surface area contributed by atoms with Crippen molar-refractivity contribution in [2.45, 2.75) is 6.54 Å². The predicted molar refractivity (Wildman–Crippen MR) is 93.7 cm³/mol. The maximum atomic E-state index is 5.84. The van der Waals surface area contributed by atoms with E-state index in [1.807, 2.05) is 48.5 Å². The molecule has 0 spiro atoms. The van der Waals surface area contributed by atoms with Gasteiger partial charge in [0.1, 0.15) is 0 Å². The molecule has 0 saturated heterocycles. The second-order valence-electron chi connectivity index (χ2n) is 3.94. The maximum absolute atomic E-state index is 5.84. The molecule has 0 unspecified atom stereocenters. The van der Waals surface area contributed by atoms with E-state index in [0.717, 1.165) is 16.3 Å². The number of anilines is 1. The SMILES string of the molecule is S=C(NCc1ccc(Cl)cc1)Nc1cccc(I)c1. The highest BCUT2D eigenvalue weighted by Crippen LogP contribution is 2.12. The van der Waals surface area contributed by atoms with E-state index in [1.54, 1.807) is 0 Å². The van der Waals surface area contributed by atoms with Gasteiger partial charge in [0.15, 0.2) is 5.11 Å². The molecule has 2 rings (SSSR count). The Morgan fingerprint density at radius 3 is 2.58 bits per heavy atom. The van der Waals surface area contributed by atoms with Crippen molar-refractivity contribution in [3.05, 3.63) is 62.7 Å². The molecule has 2 N–H and O–H groups in total. The summed E-state index contributed by atoms with van der Waals surface area (Å²) in [6.45, 7) is 0.674. The first-order chi connectivity index (χ1) is 9.13. The van der Waals surface area contributed by atoms with Crippen molar-refractivity contribution in [2.75, 3.05) is 5.32 Å². The molecule has 0 aliphatic rings. The molecule has 0 bridgehead atoms. The number of benzene rings is 2. The largest absolute Gasteiger partial charge is 0.358 e. The summed E-state index contributed by atoms with van der Waals surface area (Å²) in [6.07, 6.45) is 0. The fraction of sp³-hybridized carbons (Fsp3) is 0.0714. The second kappa shape index (κ2) is 7.07. The van der Waals surface area contributed by atoms with Crippen LogP contribution in [0.2, 0.25) is 5.02 Å². The van der Waals surface area contributed by atoms with Crippen LogP contribution in [0.4, 0.5) is 5.69 Å². The van der Waals surface area contributed by atoms with E-state index < -0.39 is 0 Å². The zero-order valence-corrected chi connectivity index (χ0v) is 13.7. The standard InChI is InChI=1S/C14H12ClIN2S/c15-11-6-4-10(5-7-11)9-17-14(19)18-13-3-1-2-12(16)8-13/h1-8H,9H2,(H2,17,18,19). The maximum Gasteiger partial charge on any atom is 0.171 e. The molecule has 0 atom stereocenters. The van der Waals surface area contributed by atoms with Crippen LogP contribution in [0, 0.1) is 3.57 Å². The van der Waals surface area contributed by atoms with Crippen LogP contribution in [0.5, 0.6) is 0 Å². The lowest BCUT2D eigenvalue weighted by atomic mass is 10.2. The molecule has 0 amide bonds. The minimum atomic E-state index is 0.608. The highest BCUT2D eigenvalue weighted by molar-refractivity contribution is 14.1. The first kappa shape index (κ1) is 14.6. The van der Waals surface area contributed by atoms with Gasteiger partial charge in [-0.05, 0) is 70.7 Å². The fourth-order valence-electron chi connectivity index (χ4n) is 1.53. The quantitative estimate of drug-likeness (QED) is 0.587. The molecule has 0 saturated carbocycles. The van der Waals surface area contributed by atoms with Crippen LogP contribution >= 0.6 is 46.4 Å². The van der Waals surface area contributed by atoms with Gasteiger partial charge in [-0.2, -0.15) is 0 Å². The lowest BCUT2D eigenvalue weighted by Crippen LogP contribution is -2.27. The van der Waals surface area contributed by atoms with Crippen molar-refractivity contribution in [1.29, 1.82) is 0 Å². The van der Waals surface area contributed by atoms with Gasteiger partial charge in [-0.1, -0.05) is 29.8 Å². The third kappa shape index (κ3) is 4.97. The number of rotatable bonds is 3. The molecular formula is C14H12ClIN2S. The van der Waals surface area contributed by atoms with Crippen molar-refractivity contribution in [3.63, 3.8) is 0 Å². The minimum absolute atomic E-state index is 0.608. The Morgan fingerprint density at radius 1 is 1.16 bits per heavy atom. The third-order valence-corrected chi connectivity index (χ3v) is 3.62. The summed E-state index contributed by atoms with van der Waals surface area (Å²) >= 11 is 13.4. The van der Waals surface area contributed by atoms with Gasteiger partial charge in [-0.15, -0.1) is 0 Å². The van der Waals surface area contributed by atoms with Gasteiger partial charge in [-0.3, -0.25) is 0 Å². The molecule has 0 heterocycles. The zero-order chi connectivity index (χ0) is 13.7. The van der Waals surface area contributed by atoms with Gasteiger partial charge < -0.3 is 10.6 Å². The average molecular weight is 403 g/mol. The molecule has 19 heavy (non-hydrogen) atoms. The van der Waals surface area contributed by atoms with Crippen molar-refractivity contribution in [3.8, 4) is 0 Å². The summed E-state index contributed by atoms with van der Waals surface area (Å²) in [5, 5.41) is 7.66. The summed E-state index contributed by atoms with van der Waals surface area (Å²) < 4.78 is 1.17. The smallest absolute Gasteiger partial charge is 0.171 e. The molecule has 0 aromatic heterocycles. The van der Waals surface area contributed by atoms with Crippen LogP contribution < -0.4 is 10.6 Å². The lowest BCUT2D eigenvalue weighted by Gasteiger charge is -2.10. The van der Waals surface area contributed by atoms with Gasteiger partial charge in [0.05, 0.1) is 0 Å². The number of hydrogen-bond acceptors (Lipinski definition) is 1. The van der Waals surface area contributed by atoms with E-state index >= 15 is 0 Å². The number of nitrogens with one attached hydrogen (secondary N) is 2. The van der Waals surface area contributed by atoms with E-state index in [1.165, 1.54) is 3.57 Å². The Bertz CT molecular complexity index is 572. The van der Waals surface area contributed by atoms with Crippen molar-refractivity contribution < 1.29 is 0 Å². The first-order valence-corrected chi connectivity index (χ1v) is 7.55. The van der Waals surface area contributed by atoms with Crippen LogP contribution in [0.25, 0.3) is 0 Å². The molecule has 0 aliphatic carbocycles. The highest BCUT2D eigenvalue weighted by atomic mass is 127. The summed E-state index contributed by atoms with van der Waals surface area (Å²) in [5.74, 6) is 0. The molecule has 2 aromatic rings. The van der Waals surface area contributed by atoms with E-state index in [2.05, 4.69) is 33.2 Å². The molecule has 98 valence electrons. The normalized spacial score (nSPS) is 10.0. The van der Waals surface area contributed by atoms with Crippen molar-refractivity contribution >= 4 is 57.2 Å². The van der Waals surface area contributed by atoms with Crippen LogP contribution in [0.3, 0.4) is 0 Å². The highest BCUT2D eigenvalue weighted by Gasteiger charge is 1.99. The van der Waals surface area contributed by atoms with Gasteiger partial charge in [-0.25, -0.2) is 0 Å². The molecular weight excluding hydrogens is 391 g/mol. The zero-order valence-electron chi connectivity index (χ0n) is 9.99. The summed E-state index contributed by atoms with van der Waals surface area (Å²) in [5.41, 5.74) is 2.12. The molecule has 5 heteroatoms. The van der Waals surface area contributed by atoms with Gasteiger partial charge in [0, 0.05) is 20.8 Å². The number of halogens is 2. The average Bonchev–Trinajstić information content (AvgIpc) is 2.38. The number of hydrogen-bond donors (Lipinski definition) is 2. The second-order valence-corrected chi connectivity index (χ2v) is 6.03. The third-order valence-electron chi connectivity index (χ3n) is 2.45. The van der Waals surface area contributed by atoms with Gasteiger partial charge >= 0.3 is 0 Å². The van der Waals surface area contributed by atoms with Gasteiger partial charge in [0.2, 0.25) is 0 Å². The van der Waals surface area contributed by atoms with E-state index in [-0.39, 0.29) is 0 Å². The van der Waals surface area contributed by atoms with Crippen LogP contribution in [-0.2, 0) is 6.54 Å². The minimum Gasteiger partial charge on any atom is -0.358 e. The summed E-state index contributed by atoms with van der Waals surface area (Å²) in [4.78, 5) is 0. The topological polar surface area (TPSA) is 24.1 Å². The summed E-state index contributed by atoms with van der Waals surface area (Å²) in [7, 11) is 0. The first-order valence-electron chi connectivity index (χ1n) is 5.68. The predicted octanol–water partition coefficient (Wildman–Crippen LogP) is 4.43. The van der Waals surface area contributed by atoms with Crippen LogP contribution in [0.1, 0.15) is 5.56 Å². The van der Waals surface area contributed by atoms with E-state index in [9.17, 15) is 0 Å². The Kier molecular flexibility index (Phi) is 5.42. The Morgan fingerprint density at radius 2 is 1.89 bits per heavy atom. The van der Waals surface area contributed by atoms with Crippen molar-refractivity contribution in [2.24, 2.45) is 0 Å². The van der Waals surface area contributed by atoms with E-state index in [4.69, 9.17) is 23.8 Å². The molecule has 0 fully saturated rings. The Labute approximate surface area is 136 Å². The monoisotopic (exact) mass is 402 g/mol. The summed E-state index contributed by atoms with van der Waals surface area (Å²) in [6, 6.07) is 15.7. The van der Waals surface area contributed by atoms with Gasteiger partial charge in [0.25, 0.3) is 0 Å². The Hall–Kier alpha value is -0.850. The molecule has 0 radical (unpaired) electrons. The van der Waals surface area contributed by atoms with Crippen LogP contribution in [-0.4, -0.2) is 5.11 Å². The lowest BCUT2D eigenvalue weighted by molar-refractivity contribution is 0.926. The van der Waals surface area contributed by atoms with Crippen LogP contribution in [0.15, 0.2) is 48.5 Å². The Balaban J connectivity index is 1.86. The van der Waals surface area contributed by atoms with E-state index in [0.29, 0.717) is 11.7 Å². The molecule has 2 aromatic carbocycles. The van der Waals surface area contributed by atoms with Crippen molar-refractivity contribution in [1.82, 2.24) is 5.32 Å². The fourth-order valence-corrected chi connectivity index (χ4v) is 2.39. The molecule has 2 nitrogen and oxygen atoms in total. The molecule has 0 aliphatic heterocycles. The number of thiocarbonyl (C=S) groups is 1.